The molecular weight excluding hydrogens is 269 g/mol. The predicted octanol–water partition coefficient (Wildman–Crippen LogP) is 2.40. The molecule has 0 aromatic carbocycles. The number of aliphatic hydroxyl groups is 1. The van der Waals surface area contributed by atoms with Gasteiger partial charge >= 0.3 is 6.18 Å². The Morgan fingerprint density at radius 3 is 2.15 bits per heavy atom. The van der Waals surface area contributed by atoms with Crippen LogP contribution in [0.2, 0.25) is 0 Å². The zero-order chi connectivity index (χ0) is 15.4. The fourth-order valence-corrected chi connectivity index (χ4v) is 2.69. The first-order valence-corrected chi connectivity index (χ1v) is 7.28. The molecule has 3 nitrogen and oxygen atoms in total. The SMILES string of the molecule is CC(C)(C)C(CCO)NC1CCN(CC(F)(F)F)CC1. The predicted molar refractivity (Wildman–Crippen MR) is 73.6 cm³/mol. The summed E-state index contributed by atoms with van der Waals surface area (Å²) in [5.41, 5.74) is 0.0336. The topological polar surface area (TPSA) is 35.5 Å². The van der Waals surface area contributed by atoms with Gasteiger partial charge in [-0.3, -0.25) is 4.90 Å². The lowest BCUT2D eigenvalue weighted by atomic mass is 9.84. The van der Waals surface area contributed by atoms with Crippen LogP contribution in [0, 0.1) is 5.41 Å². The van der Waals surface area contributed by atoms with Gasteiger partial charge in [-0.15, -0.1) is 0 Å². The molecule has 0 aromatic rings. The van der Waals surface area contributed by atoms with Crippen LogP contribution in [-0.4, -0.2) is 54.5 Å². The summed E-state index contributed by atoms with van der Waals surface area (Å²) in [5, 5.41) is 12.6. The summed E-state index contributed by atoms with van der Waals surface area (Å²) in [6.07, 6.45) is -1.97. The van der Waals surface area contributed by atoms with Crippen LogP contribution in [0.5, 0.6) is 0 Å². The molecule has 1 fully saturated rings. The number of hydrogen-bond acceptors (Lipinski definition) is 3. The van der Waals surface area contributed by atoms with Gasteiger partial charge in [0.15, 0.2) is 0 Å². The first-order chi connectivity index (χ1) is 9.12. The van der Waals surface area contributed by atoms with Gasteiger partial charge < -0.3 is 10.4 Å². The fraction of sp³-hybridized carbons (Fsp3) is 1.00. The van der Waals surface area contributed by atoms with Gasteiger partial charge in [-0.2, -0.15) is 13.2 Å². The second kappa shape index (κ2) is 7.09. The third-order valence-electron chi connectivity index (χ3n) is 3.89. The largest absolute Gasteiger partial charge is 0.401 e. The maximum atomic E-state index is 12.3. The van der Waals surface area contributed by atoms with Crippen molar-refractivity contribution in [2.45, 2.75) is 58.3 Å². The Morgan fingerprint density at radius 1 is 1.20 bits per heavy atom. The van der Waals surface area contributed by atoms with Crippen LogP contribution < -0.4 is 5.32 Å². The second-order valence-electron chi connectivity index (χ2n) is 6.76. The van der Waals surface area contributed by atoms with Gasteiger partial charge in [0.25, 0.3) is 0 Å². The van der Waals surface area contributed by atoms with Gasteiger partial charge in [0.05, 0.1) is 6.54 Å². The smallest absolute Gasteiger partial charge is 0.396 e. The van der Waals surface area contributed by atoms with E-state index in [1.165, 1.54) is 4.90 Å². The minimum absolute atomic E-state index is 0.0336. The van der Waals surface area contributed by atoms with Crippen LogP contribution in [-0.2, 0) is 0 Å². The number of nitrogens with zero attached hydrogens (tertiary/aromatic N) is 1. The van der Waals surface area contributed by atoms with Crippen LogP contribution in [0.25, 0.3) is 0 Å². The Bertz CT molecular complexity index is 281. The van der Waals surface area contributed by atoms with Crippen LogP contribution in [0.1, 0.15) is 40.0 Å². The molecule has 1 saturated heterocycles. The number of likely N-dealkylation sites (tertiary alicyclic amines) is 1. The molecule has 1 aliphatic rings. The van der Waals surface area contributed by atoms with Crippen LogP contribution in [0.3, 0.4) is 0 Å². The van der Waals surface area contributed by atoms with E-state index < -0.39 is 12.7 Å². The van der Waals surface area contributed by atoms with Gasteiger partial charge in [-0.25, -0.2) is 0 Å². The highest BCUT2D eigenvalue weighted by Gasteiger charge is 2.33. The molecule has 0 radical (unpaired) electrons. The lowest BCUT2D eigenvalue weighted by molar-refractivity contribution is -0.148. The highest BCUT2D eigenvalue weighted by atomic mass is 19.4. The van der Waals surface area contributed by atoms with Crippen molar-refractivity contribution in [3.05, 3.63) is 0 Å². The molecule has 1 unspecified atom stereocenters. The minimum atomic E-state index is -4.11. The minimum Gasteiger partial charge on any atom is -0.396 e. The number of rotatable bonds is 5. The van der Waals surface area contributed by atoms with E-state index in [0.29, 0.717) is 19.5 Å². The summed E-state index contributed by atoms with van der Waals surface area (Å²) in [5.74, 6) is 0. The van der Waals surface area contributed by atoms with E-state index in [-0.39, 0.29) is 24.1 Å². The maximum absolute atomic E-state index is 12.3. The van der Waals surface area contributed by atoms with E-state index in [0.717, 1.165) is 12.8 Å². The molecule has 120 valence electrons. The fourth-order valence-electron chi connectivity index (χ4n) is 2.69. The molecule has 0 spiro atoms. The number of hydrogen-bond donors (Lipinski definition) is 2. The van der Waals surface area contributed by atoms with Gasteiger partial charge in [-0.05, 0) is 37.8 Å². The van der Waals surface area contributed by atoms with Crippen LogP contribution in [0.4, 0.5) is 13.2 Å². The molecule has 0 aliphatic carbocycles. The van der Waals surface area contributed by atoms with E-state index in [9.17, 15) is 13.2 Å². The van der Waals surface area contributed by atoms with E-state index in [2.05, 4.69) is 26.1 Å². The van der Waals surface area contributed by atoms with Crippen molar-refractivity contribution in [2.24, 2.45) is 5.41 Å². The Kier molecular flexibility index (Phi) is 6.28. The Hall–Kier alpha value is -0.330. The monoisotopic (exact) mass is 296 g/mol. The van der Waals surface area contributed by atoms with Gasteiger partial charge in [-0.1, -0.05) is 20.8 Å². The van der Waals surface area contributed by atoms with E-state index in [4.69, 9.17) is 5.11 Å². The van der Waals surface area contributed by atoms with Gasteiger partial charge in [0, 0.05) is 18.7 Å². The Morgan fingerprint density at radius 2 is 1.75 bits per heavy atom. The molecule has 0 amide bonds. The standard InChI is InChI=1S/C14H27F3N2O/c1-13(2,3)12(6-9-20)18-11-4-7-19(8-5-11)10-14(15,16)17/h11-12,18,20H,4-10H2,1-3H3. The zero-order valence-electron chi connectivity index (χ0n) is 12.6. The summed E-state index contributed by atoms with van der Waals surface area (Å²) >= 11 is 0. The Balaban J connectivity index is 2.41. The lowest BCUT2D eigenvalue weighted by Gasteiger charge is -2.38. The van der Waals surface area contributed by atoms with E-state index in [1.807, 2.05) is 0 Å². The molecular formula is C14H27F3N2O. The van der Waals surface area contributed by atoms with Crippen LogP contribution in [0.15, 0.2) is 0 Å². The highest BCUT2D eigenvalue weighted by molar-refractivity contribution is 4.86. The quantitative estimate of drug-likeness (QED) is 0.818. The first-order valence-electron chi connectivity index (χ1n) is 7.28. The lowest BCUT2D eigenvalue weighted by Crippen LogP contribution is -2.51. The average molecular weight is 296 g/mol. The Labute approximate surface area is 119 Å². The number of halogens is 3. The van der Waals surface area contributed by atoms with Crippen molar-refractivity contribution in [1.29, 1.82) is 0 Å². The molecule has 6 heteroatoms. The molecule has 0 aromatic heterocycles. The molecule has 1 heterocycles. The van der Waals surface area contributed by atoms with Crippen molar-refractivity contribution in [1.82, 2.24) is 10.2 Å². The summed E-state index contributed by atoms with van der Waals surface area (Å²) in [6, 6.07) is 0.432. The highest BCUT2D eigenvalue weighted by Crippen LogP contribution is 2.25. The van der Waals surface area contributed by atoms with Crippen molar-refractivity contribution in [2.75, 3.05) is 26.2 Å². The van der Waals surface area contributed by atoms with E-state index in [1.54, 1.807) is 0 Å². The second-order valence-corrected chi connectivity index (χ2v) is 6.76. The van der Waals surface area contributed by atoms with Gasteiger partial charge in [0.2, 0.25) is 0 Å². The molecule has 2 N–H and O–H groups in total. The molecule has 1 rings (SSSR count). The summed E-state index contributed by atoms with van der Waals surface area (Å²) in [4.78, 5) is 1.47. The zero-order valence-corrected chi connectivity index (χ0v) is 12.6. The van der Waals surface area contributed by atoms with Gasteiger partial charge in [0.1, 0.15) is 0 Å². The van der Waals surface area contributed by atoms with Crippen molar-refractivity contribution in [3.63, 3.8) is 0 Å². The average Bonchev–Trinajstić information content (AvgIpc) is 2.28. The molecule has 0 bridgehead atoms. The van der Waals surface area contributed by atoms with Crippen molar-refractivity contribution in [3.8, 4) is 0 Å². The summed E-state index contributed by atoms with van der Waals surface area (Å²) < 4.78 is 37.0. The molecule has 0 saturated carbocycles. The molecule has 20 heavy (non-hydrogen) atoms. The normalized spacial score (nSPS) is 21.1. The number of nitrogens with one attached hydrogen (secondary N) is 1. The molecule has 1 atom stereocenters. The summed E-state index contributed by atoms with van der Waals surface area (Å²) in [7, 11) is 0. The number of alkyl halides is 3. The third kappa shape index (κ3) is 6.41. The molecule has 1 aliphatic heterocycles. The number of piperidine rings is 1. The maximum Gasteiger partial charge on any atom is 0.401 e. The first kappa shape index (κ1) is 17.7. The third-order valence-corrected chi connectivity index (χ3v) is 3.89. The summed E-state index contributed by atoms with van der Waals surface area (Å²) in [6.45, 7) is 6.61. The van der Waals surface area contributed by atoms with E-state index >= 15 is 0 Å². The number of aliphatic hydroxyl groups excluding tert-OH is 1. The van der Waals surface area contributed by atoms with Crippen LogP contribution >= 0.6 is 0 Å². The van der Waals surface area contributed by atoms with Crippen molar-refractivity contribution >= 4 is 0 Å². The van der Waals surface area contributed by atoms with Crippen molar-refractivity contribution < 1.29 is 18.3 Å².